The van der Waals surface area contributed by atoms with E-state index >= 15 is 0 Å². The average Bonchev–Trinajstić information content (AvgIpc) is 2.46. The molecule has 0 saturated heterocycles. The predicted octanol–water partition coefficient (Wildman–Crippen LogP) is 1.66. The minimum atomic E-state index is 0.453. The molecule has 0 radical (unpaired) electrons. The molecule has 1 aromatic heterocycles. The minimum Gasteiger partial charge on any atom is -0.361 e. The van der Waals surface area contributed by atoms with Crippen LogP contribution < -0.4 is 5.32 Å². The molecule has 1 aliphatic rings. The molecule has 3 heteroatoms. The molecular weight excluding hydrogens is 152 g/mol. The summed E-state index contributed by atoms with van der Waals surface area (Å²) < 4.78 is 5.18. The molecule has 0 aliphatic heterocycles. The maximum atomic E-state index is 5.18. The Morgan fingerprint density at radius 1 is 1.58 bits per heavy atom. The molecule has 0 amide bonds. The first-order valence-electron chi connectivity index (χ1n) is 4.52. The zero-order valence-corrected chi connectivity index (χ0v) is 7.34. The second kappa shape index (κ2) is 3.27. The van der Waals surface area contributed by atoms with E-state index in [4.69, 9.17) is 4.52 Å². The van der Waals surface area contributed by atoms with E-state index in [2.05, 4.69) is 10.5 Å². The molecule has 1 atom stereocenters. The van der Waals surface area contributed by atoms with Gasteiger partial charge in [-0.05, 0) is 19.9 Å². The van der Waals surface area contributed by atoms with Gasteiger partial charge in [0, 0.05) is 18.0 Å². The van der Waals surface area contributed by atoms with Gasteiger partial charge in [0.1, 0.15) is 5.76 Å². The largest absolute Gasteiger partial charge is 0.361 e. The van der Waals surface area contributed by atoms with Crippen molar-refractivity contribution in [3.8, 4) is 0 Å². The lowest BCUT2D eigenvalue weighted by Crippen LogP contribution is -2.15. The standard InChI is InChI=1S/C9H14N2O/c1-10-8-4-2-3-5-9-7(8)6-11-12-9/h6,8,10H,2-5H2,1H3. The summed E-state index contributed by atoms with van der Waals surface area (Å²) in [6, 6.07) is 0.453. The van der Waals surface area contributed by atoms with Crippen molar-refractivity contribution in [3.63, 3.8) is 0 Å². The van der Waals surface area contributed by atoms with Gasteiger partial charge in [-0.3, -0.25) is 0 Å². The molecule has 1 unspecified atom stereocenters. The van der Waals surface area contributed by atoms with Crippen molar-refractivity contribution in [2.75, 3.05) is 7.05 Å². The maximum Gasteiger partial charge on any atom is 0.141 e. The predicted molar refractivity (Wildman–Crippen MR) is 45.9 cm³/mol. The third-order valence-electron chi connectivity index (χ3n) is 2.55. The van der Waals surface area contributed by atoms with E-state index in [1.54, 1.807) is 0 Å². The van der Waals surface area contributed by atoms with Crippen LogP contribution in [0.1, 0.15) is 36.6 Å². The first kappa shape index (κ1) is 7.80. The Bertz CT molecular complexity index is 257. The SMILES string of the molecule is CNC1CCCCc2oncc21. The van der Waals surface area contributed by atoms with Crippen LogP contribution >= 0.6 is 0 Å². The summed E-state index contributed by atoms with van der Waals surface area (Å²) in [4.78, 5) is 0. The summed E-state index contributed by atoms with van der Waals surface area (Å²) in [7, 11) is 1.99. The molecule has 1 aromatic rings. The van der Waals surface area contributed by atoms with Crippen LogP contribution in [-0.2, 0) is 6.42 Å². The molecule has 1 N–H and O–H groups in total. The van der Waals surface area contributed by atoms with Gasteiger partial charge in [0.15, 0.2) is 0 Å². The molecule has 1 heterocycles. The second-order valence-corrected chi connectivity index (χ2v) is 3.29. The molecule has 0 spiro atoms. The van der Waals surface area contributed by atoms with Crippen LogP contribution in [0.2, 0.25) is 0 Å². The third kappa shape index (κ3) is 1.25. The lowest BCUT2D eigenvalue weighted by Gasteiger charge is -2.11. The number of nitrogens with zero attached hydrogens (tertiary/aromatic N) is 1. The highest BCUT2D eigenvalue weighted by Gasteiger charge is 2.19. The van der Waals surface area contributed by atoms with Crippen molar-refractivity contribution >= 4 is 0 Å². The number of hydrogen-bond acceptors (Lipinski definition) is 3. The minimum absolute atomic E-state index is 0.453. The molecule has 0 bridgehead atoms. The molecule has 0 fully saturated rings. The summed E-state index contributed by atoms with van der Waals surface area (Å²) in [6.07, 6.45) is 6.59. The molecule has 1 aliphatic carbocycles. The summed E-state index contributed by atoms with van der Waals surface area (Å²) in [5.41, 5.74) is 1.26. The molecule has 2 rings (SSSR count). The van der Waals surface area contributed by atoms with E-state index in [0.717, 1.165) is 12.2 Å². The van der Waals surface area contributed by atoms with Gasteiger partial charge in [-0.2, -0.15) is 0 Å². The van der Waals surface area contributed by atoms with Crippen LogP contribution in [0.25, 0.3) is 0 Å². The van der Waals surface area contributed by atoms with Crippen LogP contribution in [0.3, 0.4) is 0 Å². The highest BCUT2D eigenvalue weighted by atomic mass is 16.5. The lowest BCUT2D eigenvalue weighted by molar-refractivity contribution is 0.380. The number of hydrogen-bond donors (Lipinski definition) is 1. The first-order chi connectivity index (χ1) is 5.92. The lowest BCUT2D eigenvalue weighted by atomic mass is 10.1. The Kier molecular flexibility index (Phi) is 2.13. The summed E-state index contributed by atoms with van der Waals surface area (Å²) in [6.45, 7) is 0. The normalized spacial score (nSPS) is 23.2. The van der Waals surface area contributed by atoms with Crippen molar-refractivity contribution in [1.29, 1.82) is 0 Å². The van der Waals surface area contributed by atoms with E-state index in [1.165, 1.54) is 24.8 Å². The number of rotatable bonds is 1. The van der Waals surface area contributed by atoms with Crippen molar-refractivity contribution in [2.24, 2.45) is 0 Å². The number of aromatic nitrogens is 1. The fraction of sp³-hybridized carbons (Fsp3) is 0.667. The summed E-state index contributed by atoms with van der Waals surface area (Å²) >= 11 is 0. The number of aryl methyl sites for hydroxylation is 1. The van der Waals surface area contributed by atoms with E-state index in [9.17, 15) is 0 Å². The highest BCUT2D eigenvalue weighted by Crippen LogP contribution is 2.27. The Balaban J connectivity index is 2.29. The smallest absolute Gasteiger partial charge is 0.141 e. The number of fused-ring (bicyclic) bond motifs is 1. The molecule has 0 saturated carbocycles. The van der Waals surface area contributed by atoms with Gasteiger partial charge >= 0.3 is 0 Å². The van der Waals surface area contributed by atoms with Gasteiger partial charge < -0.3 is 9.84 Å². The van der Waals surface area contributed by atoms with Gasteiger partial charge in [0.2, 0.25) is 0 Å². The third-order valence-corrected chi connectivity index (χ3v) is 2.55. The van der Waals surface area contributed by atoms with Crippen LogP contribution in [-0.4, -0.2) is 12.2 Å². The Labute approximate surface area is 72.1 Å². The Hall–Kier alpha value is -0.830. The van der Waals surface area contributed by atoms with Gasteiger partial charge in [0.25, 0.3) is 0 Å². The molecule has 12 heavy (non-hydrogen) atoms. The molecule has 66 valence electrons. The van der Waals surface area contributed by atoms with Crippen LogP contribution in [0.5, 0.6) is 0 Å². The molecular formula is C9H14N2O. The average molecular weight is 166 g/mol. The van der Waals surface area contributed by atoms with Crippen molar-refractivity contribution in [2.45, 2.75) is 31.7 Å². The molecule has 0 aromatic carbocycles. The van der Waals surface area contributed by atoms with Crippen molar-refractivity contribution in [3.05, 3.63) is 17.5 Å². The van der Waals surface area contributed by atoms with Crippen molar-refractivity contribution < 1.29 is 4.52 Å². The monoisotopic (exact) mass is 166 g/mol. The maximum absolute atomic E-state index is 5.18. The van der Waals surface area contributed by atoms with Gasteiger partial charge in [-0.25, -0.2) is 0 Å². The fourth-order valence-corrected chi connectivity index (χ4v) is 1.84. The fourth-order valence-electron chi connectivity index (χ4n) is 1.84. The Morgan fingerprint density at radius 2 is 2.50 bits per heavy atom. The highest BCUT2D eigenvalue weighted by molar-refractivity contribution is 5.19. The van der Waals surface area contributed by atoms with Gasteiger partial charge in [-0.15, -0.1) is 0 Å². The topological polar surface area (TPSA) is 38.1 Å². The van der Waals surface area contributed by atoms with Crippen LogP contribution in [0.15, 0.2) is 10.7 Å². The van der Waals surface area contributed by atoms with E-state index < -0.39 is 0 Å². The van der Waals surface area contributed by atoms with E-state index in [-0.39, 0.29) is 0 Å². The molecule has 3 nitrogen and oxygen atoms in total. The second-order valence-electron chi connectivity index (χ2n) is 3.29. The first-order valence-corrected chi connectivity index (χ1v) is 4.52. The Morgan fingerprint density at radius 3 is 3.33 bits per heavy atom. The van der Waals surface area contributed by atoms with E-state index in [1.807, 2.05) is 13.2 Å². The summed E-state index contributed by atoms with van der Waals surface area (Å²) in [5, 5.41) is 7.11. The zero-order valence-electron chi connectivity index (χ0n) is 7.34. The van der Waals surface area contributed by atoms with E-state index in [0.29, 0.717) is 6.04 Å². The number of nitrogens with one attached hydrogen (secondary N) is 1. The van der Waals surface area contributed by atoms with Gasteiger partial charge in [-0.1, -0.05) is 11.6 Å². The van der Waals surface area contributed by atoms with Crippen LogP contribution in [0, 0.1) is 0 Å². The summed E-state index contributed by atoms with van der Waals surface area (Å²) in [5.74, 6) is 1.08. The van der Waals surface area contributed by atoms with Crippen molar-refractivity contribution in [1.82, 2.24) is 10.5 Å². The quantitative estimate of drug-likeness (QED) is 0.645. The van der Waals surface area contributed by atoms with Gasteiger partial charge in [0.05, 0.1) is 6.20 Å². The van der Waals surface area contributed by atoms with Crippen LogP contribution in [0.4, 0.5) is 0 Å². The zero-order chi connectivity index (χ0) is 8.39.